The summed E-state index contributed by atoms with van der Waals surface area (Å²) in [5, 5.41) is 10.9. The number of carbonyl (C=O) groups excluding carboxylic acids is 1. The largest absolute Gasteiger partial charge is 0.497 e. The lowest BCUT2D eigenvalue weighted by atomic mass is 9.95. The van der Waals surface area contributed by atoms with Crippen LogP contribution in [-0.4, -0.2) is 36.3 Å². The van der Waals surface area contributed by atoms with Crippen molar-refractivity contribution in [3.63, 3.8) is 0 Å². The zero-order valence-corrected chi connectivity index (χ0v) is 20.1. The Labute approximate surface area is 202 Å². The summed E-state index contributed by atoms with van der Waals surface area (Å²) in [4.78, 5) is 41.7. The van der Waals surface area contributed by atoms with Crippen molar-refractivity contribution in [2.75, 3.05) is 20.8 Å². The van der Waals surface area contributed by atoms with Gasteiger partial charge in [-0.15, -0.1) is 0 Å². The van der Waals surface area contributed by atoms with E-state index in [4.69, 9.17) is 18.6 Å². The van der Waals surface area contributed by atoms with Crippen molar-refractivity contribution < 1.29 is 28.3 Å². The maximum absolute atomic E-state index is 13.6. The molecule has 0 saturated carbocycles. The molecule has 1 atom stereocenters. The van der Waals surface area contributed by atoms with E-state index in [1.807, 2.05) is 0 Å². The van der Waals surface area contributed by atoms with E-state index >= 15 is 0 Å². The Morgan fingerprint density at radius 2 is 2.06 bits per heavy atom. The minimum absolute atomic E-state index is 0.141. The van der Waals surface area contributed by atoms with Crippen LogP contribution in [0.15, 0.2) is 55.8 Å². The van der Waals surface area contributed by atoms with Gasteiger partial charge < -0.3 is 18.6 Å². The second-order valence-corrected chi connectivity index (χ2v) is 8.35. The van der Waals surface area contributed by atoms with E-state index in [1.54, 1.807) is 32.0 Å². The van der Waals surface area contributed by atoms with E-state index in [0.717, 1.165) is 11.3 Å². The number of ether oxygens (including phenoxy) is 3. The average molecular weight is 500 g/mol. The first-order valence-electron chi connectivity index (χ1n) is 10.4. The van der Waals surface area contributed by atoms with Gasteiger partial charge in [-0.1, -0.05) is 11.3 Å². The summed E-state index contributed by atoms with van der Waals surface area (Å²) in [5.41, 5.74) is 0.674. The van der Waals surface area contributed by atoms with Crippen LogP contribution in [0.5, 0.6) is 11.5 Å². The number of rotatable bonds is 7. The zero-order chi connectivity index (χ0) is 25.3. The molecule has 35 heavy (non-hydrogen) atoms. The van der Waals surface area contributed by atoms with Gasteiger partial charge in [0, 0.05) is 17.7 Å². The van der Waals surface area contributed by atoms with Gasteiger partial charge in [-0.05, 0) is 32.0 Å². The number of methoxy groups -OCH3 is 2. The lowest BCUT2D eigenvalue weighted by molar-refractivity contribution is -0.402. The normalized spacial score (nSPS) is 15.4. The second kappa shape index (κ2) is 9.58. The molecule has 4 rings (SSSR count). The Morgan fingerprint density at radius 1 is 1.29 bits per heavy atom. The van der Waals surface area contributed by atoms with Crippen LogP contribution in [-0.2, 0) is 9.53 Å². The number of hydrogen-bond donors (Lipinski definition) is 0. The number of fused-ring (bicyclic) bond motifs is 1. The number of esters is 1. The van der Waals surface area contributed by atoms with Gasteiger partial charge >= 0.3 is 11.9 Å². The van der Waals surface area contributed by atoms with Crippen LogP contribution in [0.4, 0.5) is 5.88 Å². The SMILES string of the molecule is CCOC(=O)C1=C(C)N=c2s/c(=C\c3ccc([N+](=O)[O-])o3)c(=O)n2[C@H]1c1ccc(OC)cc1OC. The maximum atomic E-state index is 13.6. The second-order valence-electron chi connectivity index (χ2n) is 7.34. The van der Waals surface area contributed by atoms with Gasteiger partial charge in [0.15, 0.2) is 4.80 Å². The summed E-state index contributed by atoms with van der Waals surface area (Å²) >= 11 is 1.07. The van der Waals surface area contributed by atoms with Crippen LogP contribution in [0.1, 0.15) is 31.2 Å². The Balaban J connectivity index is 1.97. The van der Waals surface area contributed by atoms with Gasteiger partial charge in [-0.2, -0.15) is 0 Å². The highest BCUT2D eigenvalue weighted by atomic mass is 32.1. The fourth-order valence-corrected chi connectivity index (χ4v) is 4.80. The molecule has 182 valence electrons. The minimum Gasteiger partial charge on any atom is -0.497 e. The summed E-state index contributed by atoms with van der Waals surface area (Å²) in [6.07, 6.45) is 1.41. The monoisotopic (exact) mass is 499 g/mol. The molecule has 0 spiro atoms. The Morgan fingerprint density at radius 3 is 2.69 bits per heavy atom. The number of thiazole rings is 1. The third-order valence-corrected chi connectivity index (χ3v) is 6.30. The number of benzene rings is 1. The van der Waals surface area contributed by atoms with Gasteiger partial charge in [0.2, 0.25) is 0 Å². The van der Waals surface area contributed by atoms with Gasteiger partial charge in [0.1, 0.15) is 28.2 Å². The van der Waals surface area contributed by atoms with Gasteiger partial charge in [0.25, 0.3) is 5.56 Å². The molecule has 0 radical (unpaired) electrons. The first-order chi connectivity index (χ1) is 16.8. The maximum Gasteiger partial charge on any atom is 0.433 e. The number of nitro groups is 1. The third kappa shape index (κ3) is 4.35. The van der Waals surface area contributed by atoms with Crippen molar-refractivity contribution in [1.82, 2.24) is 4.57 Å². The lowest BCUT2D eigenvalue weighted by Crippen LogP contribution is -2.40. The van der Waals surface area contributed by atoms with Crippen molar-refractivity contribution in [3.05, 3.63) is 82.7 Å². The van der Waals surface area contributed by atoms with E-state index in [9.17, 15) is 19.7 Å². The zero-order valence-electron chi connectivity index (χ0n) is 19.3. The van der Waals surface area contributed by atoms with Crippen LogP contribution in [0, 0.1) is 10.1 Å². The van der Waals surface area contributed by atoms with E-state index < -0.39 is 28.4 Å². The van der Waals surface area contributed by atoms with E-state index in [0.29, 0.717) is 27.6 Å². The molecule has 0 amide bonds. The number of furan rings is 1. The molecule has 1 aliphatic rings. The Kier molecular flexibility index (Phi) is 6.56. The third-order valence-electron chi connectivity index (χ3n) is 5.32. The Bertz CT molecular complexity index is 1530. The van der Waals surface area contributed by atoms with E-state index in [-0.39, 0.29) is 22.5 Å². The summed E-state index contributed by atoms with van der Waals surface area (Å²) < 4.78 is 22.9. The minimum atomic E-state index is -0.890. The standard InChI is InChI=1S/C23H21N3O8S/c1-5-33-22(28)19-12(2)24-23-25(20(19)15-8-6-13(31-3)10-16(15)32-4)21(27)17(35-23)11-14-7-9-18(34-14)26(29)30/h6-11,20H,5H2,1-4H3/b17-11-/t20-/m0/s1. The van der Waals surface area contributed by atoms with Crippen LogP contribution >= 0.6 is 11.3 Å². The van der Waals surface area contributed by atoms with Gasteiger partial charge in [-0.3, -0.25) is 19.5 Å². The number of hydrogen-bond acceptors (Lipinski definition) is 10. The van der Waals surface area contributed by atoms with Crippen LogP contribution in [0.2, 0.25) is 0 Å². The summed E-state index contributed by atoms with van der Waals surface area (Å²) in [6, 6.07) is 6.79. The first-order valence-corrected chi connectivity index (χ1v) is 11.3. The quantitative estimate of drug-likeness (QED) is 0.275. The van der Waals surface area contributed by atoms with Gasteiger partial charge in [0.05, 0.1) is 42.7 Å². The Hall–Kier alpha value is -4.19. The molecule has 2 aromatic heterocycles. The predicted molar refractivity (Wildman–Crippen MR) is 125 cm³/mol. The molecule has 0 fully saturated rings. The number of carbonyl (C=O) groups is 1. The molecule has 3 aromatic rings. The molecule has 0 bridgehead atoms. The van der Waals surface area contributed by atoms with Gasteiger partial charge in [-0.25, -0.2) is 9.79 Å². The highest BCUT2D eigenvalue weighted by molar-refractivity contribution is 7.07. The topological polar surface area (TPSA) is 135 Å². The average Bonchev–Trinajstić information content (AvgIpc) is 3.42. The van der Waals surface area contributed by atoms with Crippen molar-refractivity contribution in [1.29, 1.82) is 0 Å². The summed E-state index contributed by atoms with van der Waals surface area (Å²) in [5.74, 6) is 0.0395. The molecule has 11 nitrogen and oxygen atoms in total. The molecule has 0 unspecified atom stereocenters. The van der Waals surface area contributed by atoms with Crippen LogP contribution < -0.4 is 24.4 Å². The number of aromatic nitrogens is 1. The van der Waals surface area contributed by atoms with Crippen molar-refractivity contribution in [3.8, 4) is 11.5 Å². The molecular weight excluding hydrogens is 478 g/mol. The number of nitrogens with zero attached hydrogens (tertiary/aromatic N) is 3. The smallest absolute Gasteiger partial charge is 0.433 e. The van der Waals surface area contributed by atoms with E-state index in [1.165, 1.54) is 37.0 Å². The van der Waals surface area contributed by atoms with Crippen molar-refractivity contribution in [2.45, 2.75) is 19.9 Å². The fourth-order valence-electron chi connectivity index (χ4n) is 3.78. The highest BCUT2D eigenvalue weighted by Crippen LogP contribution is 2.37. The highest BCUT2D eigenvalue weighted by Gasteiger charge is 2.35. The summed E-state index contributed by atoms with van der Waals surface area (Å²) in [6.45, 7) is 3.50. The molecule has 1 aliphatic heterocycles. The van der Waals surface area contributed by atoms with E-state index in [2.05, 4.69) is 4.99 Å². The van der Waals surface area contributed by atoms with Crippen LogP contribution in [0.25, 0.3) is 6.08 Å². The molecular formula is C23H21N3O8S. The molecule has 0 aliphatic carbocycles. The molecule has 0 saturated heterocycles. The number of allylic oxidation sites excluding steroid dienone is 1. The molecule has 12 heteroatoms. The lowest BCUT2D eigenvalue weighted by Gasteiger charge is -2.26. The van der Waals surface area contributed by atoms with Crippen molar-refractivity contribution in [2.24, 2.45) is 4.99 Å². The summed E-state index contributed by atoms with van der Waals surface area (Å²) in [7, 11) is 3.00. The molecule has 0 N–H and O–H groups in total. The molecule has 1 aromatic carbocycles. The first kappa shape index (κ1) is 24.0. The predicted octanol–water partition coefficient (Wildman–Crippen LogP) is 2.32. The van der Waals surface area contributed by atoms with Crippen molar-refractivity contribution >= 4 is 29.3 Å². The van der Waals surface area contributed by atoms with Crippen LogP contribution in [0.3, 0.4) is 0 Å². The fraction of sp³-hybridized carbons (Fsp3) is 0.261. The molecule has 3 heterocycles.